The van der Waals surface area contributed by atoms with Crippen molar-refractivity contribution < 1.29 is 81.4 Å². The van der Waals surface area contributed by atoms with Crippen molar-refractivity contribution in [2.24, 2.45) is 5.92 Å². The molecule has 5 heterocycles. The normalized spacial score (nSPS) is 22.6. The number of alkyl carbamates (subject to hydrolysis) is 1. The summed E-state index contributed by atoms with van der Waals surface area (Å²) in [6, 6.07) is 23.4. The number of nitrogens with zero attached hydrogens (tertiary/aromatic N) is 6. The van der Waals surface area contributed by atoms with E-state index in [1.165, 1.54) is 35.9 Å². The van der Waals surface area contributed by atoms with Crippen molar-refractivity contribution in [3.05, 3.63) is 142 Å². The number of hydrazine groups is 1. The molecule has 6 amide bonds. The van der Waals surface area contributed by atoms with Gasteiger partial charge in [-0.2, -0.15) is 0 Å². The largest absolute Gasteiger partial charge is 0.460 e. The fraction of sp³-hybridized carbons (Fsp3) is 0.513. The van der Waals surface area contributed by atoms with Crippen LogP contribution in [0.25, 0.3) is 22.2 Å². The predicted octanol–water partition coefficient (Wildman–Crippen LogP) is 8.63. The van der Waals surface area contributed by atoms with Crippen LogP contribution in [0.4, 0.5) is 15.3 Å². The molecule has 4 bridgehead atoms. The van der Waals surface area contributed by atoms with Crippen LogP contribution in [0.5, 0.6) is 0 Å². The standard InChI is InChI=1S/C76H98ClN9O17/c1-46-20-18-26-61(96-13)76(95)43-60(100-72(93)81-76)48(3)68-75(8,103-68)62(42-65(89)84(11)59-40-50(38-46)39-47(2)67(59)77)101-71(92)49(4)83(10)64(88)30-34-97-36-37-98-35-32-79-70(91)58(27-28-66(90)102-74(5,6)7)80-63(87)29-33-86-52(41-51-21-19-31-78-69(51)86)44-82(9)85(12)73(94)99-45-57-55-24-16-14-22-53(55)54-23-15-17-25-56(54)57/h14-26,31,39-41,48-49,57-58,60-62,68,95H,27-30,32-38,42-45H2,1-13H3,(H,79,91)(H,80,87)(H,81,93)/b26-18+,46-20+/t48-,49+,58+,60+,61-,62+,68?,75+,76-/m1/s1. The van der Waals surface area contributed by atoms with Gasteiger partial charge in [0.1, 0.15) is 53.9 Å². The maximum atomic E-state index is 14.4. The predicted molar refractivity (Wildman–Crippen MR) is 384 cm³/mol. The molecule has 0 saturated carbocycles. The molecule has 1 unspecified atom stereocenters. The van der Waals surface area contributed by atoms with E-state index in [0.29, 0.717) is 22.8 Å². The topological polar surface area (TPSA) is 301 Å². The Morgan fingerprint density at radius 3 is 2.29 bits per heavy atom. The van der Waals surface area contributed by atoms with Gasteiger partial charge in [-0.25, -0.2) is 29.4 Å². The van der Waals surface area contributed by atoms with Crippen molar-refractivity contribution in [3.8, 4) is 11.1 Å². The Bertz CT molecular complexity index is 3940. The van der Waals surface area contributed by atoms with E-state index in [1.807, 2.05) is 79.1 Å². The van der Waals surface area contributed by atoms with Crippen LogP contribution in [0, 0.1) is 12.8 Å². The zero-order valence-electron chi connectivity index (χ0n) is 61.1. The lowest BCUT2D eigenvalue weighted by atomic mass is 9.83. The van der Waals surface area contributed by atoms with Crippen LogP contribution >= 0.6 is 11.6 Å². The Morgan fingerprint density at radius 1 is 0.913 bits per heavy atom. The zero-order valence-corrected chi connectivity index (χ0v) is 61.8. The van der Waals surface area contributed by atoms with Gasteiger partial charge in [0.15, 0.2) is 5.72 Å². The van der Waals surface area contributed by atoms with Crippen LogP contribution in [0.15, 0.2) is 109 Å². The number of hydrogen-bond acceptors (Lipinski definition) is 19. The van der Waals surface area contributed by atoms with Gasteiger partial charge < -0.3 is 68.0 Å². The number of amides is 6. The molecule has 4 aliphatic rings. The SMILES string of the molecule is CO[C@@H]1/C=C/C=C(\C)Cc2cc(C)c(Cl)c(c2)N(C)C(=O)C[C@H](OC(=O)[C@H](C)N(C)C(=O)CCOCCOCCNC(=O)[C@H](CCC(=O)OC(C)(C)C)NC(=O)CCn2c(CN(C)N(C)C(=O)OCC3c4ccccc4-c4ccccc43)cc3cccnc32)[C@]2(C)OC2[C@H](C)[C@@H]2C[C@]1(O)NC(=O)O2. The number of hydrogen-bond donors (Lipinski definition) is 4. The molecule has 2 fully saturated rings. The second kappa shape index (κ2) is 34.2. The number of aryl methyl sites for hydroxylation is 2. The Balaban J connectivity index is 0.741. The lowest BCUT2D eigenvalue weighted by Gasteiger charge is -2.42. The van der Waals surface area contributed by atoms with Crippen LogP contribution in [-0.4, -0.2) is 206 Å². The summed E-state index contributed by atoms with van der Waals surface area (Å²) in [7, 11) is 7.86. The second-order valence-electron chi connectivity index (χ2n) is 28.1. The highest BCUT2D eigenvalue weighted by Gasteiger charge is 2.64. The third-order valence-electron chi connectivity index (χ3n) is 19.4. The third kappa shape index (κ3) is 19.6. The van der Waals surface area contributed by atoms with Gasteiger partial charge in [-0.1, -0.05) is 96.9 Å². The molecule has 0 spiro atoms. The molecule has 2 aromatic heterocycles. The highest BCUT2D eigenvalue weighted by Crippen LogP contribution is 2.50. The number of aliphatic hydroxyl groups is 1. The average molecular weight is 1450 g/mol. The van der Waals surface area contributed by atoms with Crippen LogP contribution in [0.2, 0.25) is 5.02 Å². The van der Waals surface area contributed by atoms with E-state index in [9.17, 15) is 43.5 Å². The lowest BCUT2D eigenvalue weighted by Crippen LogP contribution is -2.63. The molecule has 27 heteroatoms. The van der Waals surface area contributed by atoms with Crippen molar-refractivity contribution in [1.29, 1.82) is 0 Å². The molecule has 3 aromatic carbocycles. The van der Waals surface area contributed by atoms with E-state index in [1.54, 1.807) is 79.1 Å². The summed E-state index contributed by atoms with van der Waals surface area (Å²) in [5.41, 5.74) is 4.86. The maximum Gasteiger partial charge on any atom is 0.424 e. The van der Waals surface area contributed by atoms with E-state index in [0.717, 1.165) is 50.0 Å². The summed E-state index contributed by atoms with van der Waals surface area (Å²) in [6.45, 7) is 14.7. The lowest BCUT2D eigenvalue weighted by molar-refractivity contribution is -0.162. The number of nitrogens with one attached hydrogen (secondary N) is 3. The summed E-state index contributed by atoms with van der Waals surface area (Å²) < 4.78 is 48.8. The number of carbonyl (C=O) groups excluding carboxylic acids is 8. The first-order chi connectivity index (χ1) is 48.9. The number of rotatable bonds is 26. The zero-order chi connectivity index (χ0) is 74.7. The number of fused-ring (bicyclic) bond motifs is 9. The average Bonchev–Trinajstić information content (AvgIpc) is 1.58. The summed E-state index contributed by atoms with van der Waals surface area (Å²) in [5, 5.41) is 24.4. The van der Waals surface area contributed by atoms with Crippen molar-refractivity contribution in [2.75, 3.05) is 79.8 Å². The van der Waals surface area contributed by atoms with E-state index in [4.69, 9.17) is 49.5 Å². The first kappa shape index (κ1) is 78.4. The van der Waals surface area contributed by atoms with Gasteiger partial charge in [0.05, 0.1) is 62.6 Å². The fourth-order valence-electron chi connectivity index (χ4n) is 13.4. The second-order valence-corrected chi connectivity index (χ2v) is 28.5. The molecule has 103 heavy (non-hydrogen) atoms. The number of anilines is 1. The van der Waals surface area contributed by atoms with Crippen LogP contribution in [-0.2, 0) is 86.2 Å². The number of aromatic nitrogens is 2. The quantitative estimate of drug-likeness (QED) is 0.0132. The van der Waals surface area contributed by atoms with E-state index >= 15 is 0 Å². The van der Waals surface area contributed by atoms with Crippen molar-refractivity contribution in [1.82, 2.24) is 40.4 Å². The molecule has 1 aliphatic carbocycles. The molecular formula is C76H98ClN9O17. The van der Waals surface area contributed by atoms with Gasteiger partial charge in [-0.3, -0.25) is 29.3 Å². The first-order valence-electron chi connectivity index (χ1n) is 34.8. The number of benzene rings is 3. The number of allylic oxidation sites excluding steroid dienone is 3. The van der Waals surface area contributed by atoms with E-state index in [-0.39, 0.29) is 97.1 Å². The molecule has 26 nitrogen and oxygen atoms in total. The Kier molecular flexibility index (Phi) is 26.0. The summed E-state index contributed by atoms with van der Waals surface area (Å²) in [4.78, 5) is 117. The molecule has 9 rings (SSSR count). The van der Waals surface area contributed by atoms with Gasteiger partial charge in [0.25, 0.3) is 0 Å². The number of pyridine rings is 1. The van der Waals surface area contributed by atoms with Gasteiger partial charge in [0.2, 0.25) is 23.6 Å². The van der Waals surface area contributed by atoms with Crippen molar-refractivity contribution in [3.63, 3.8) is 0 Å². The fourth-order valence-corrected chi connectivity index (χ4v) is 13.6. The first-order valence-corrected chi connectivity index (χ1v) is 35.2. The highest BCUT2D eigenvalue weighted by molar-refractivity contribution is 6.34. The third-order valence-corrected chi connectivity index (χ3v) is 19.9. The monoisotopic (exact) mass is 1440 g/mol. The number of halogens is 1. The molecule has 0 radical (unpaired) electrons. The molecule has 556 valence electrons. The smallest absolute Gasteiger partial charge is 0.424 e. The summed E-state index contributed by atoms with van der Waals surface area (Å²) >= 11 is 6.87. The van der Waals surface area contributed by atoms with Gasteiger partial charge in [-0.15, -0.1) is 0 Å². The summed E-state index contributed by atoms with van der Waals surface area (Å²) in [5.74, 6) is -3.97. The number of esters is 2. The Morgan fingerprint density at radius 2 is 1.60 bits per heavy atom. The van der Waals surface area contributed by atoms with Crippen LogP contribution < -0.4 is 20.9 Å². The van der Waals surface area contributed by atoms with Crippen molar-refractivity contribution in [2.45, 2.75) is 173 Å². The minimum absolute atomic E-state index is 0.0354. The van der Waals surface area contributed by atoms with Crippen LogP contribution in [0.1, 0.15) is 121 Å². The molecule has 5 aromatic rings. The Hall–Kier alpha value is -8.76. The molecule has 9 atom stereocenters. The maximum absolute atomic E-state index is 14.4. The minimum atomic E-state index is -1.88. The van der Waals surface area contributed by atoms with Crippen LogP contribution in [0.3, 0.4) is 0 Å². The molecular weight excluding hydrogens is 1350 g/mol. The Labute approximate surface area is 606 Å². The van der Waals surface area contributed by atoms with Gasteiger partial charge in [-0.05, 0) is 119 Å². The number of ether oxygens (including phenoxy) is 8. The minimum Gasteiger partial charge on any atom is -0.460 e. The highest BCUT2D eigenvalue weighted by atomic mass is 35.5. The molecule has 3 aliphatic heterocycles. The molecule has 2 saturated heterocycles. The van der Waals surface area contributed by atoms with E-state index in [2.05, 4.69) is 45.2 Å². The van der Waals surface area contributed by atoms with Gasteiger partial charge >= 0.3 is 24.1 Å². The van der Waals surface area contributed by atoms with E-state index < -0.39 is 107 Å². The van der Waals surface area contributed by atoms with Gasteiger partial charge in [0, 0.05) is 96.8 Å². The summed E-state index contributed by atoms with van der Waals surface area (Å²) in [6.07, 6.45) is 1.28. The number of methoxy groups -OCH3 is 1. The number of carbonyl (C=O) groups is 8. The number of likely N-dealkylation sites (N-methyl/N-ethyl adjacent to an activating group) is 1. The van der Waals surface area contributed by atoms with Crippen molar-refractivity contribution >= 4 is 76.1 Å². The number of epoxide rings is 1. The molecule has 4 N–H and O–H groups in total.